The molecule has 3 aromatic heterocycles. The van der Waals surface area contributed by atoms with E-state index in [0.29, 0.717) is 0 Å². The molecule has 0 saturated carbocycles. The molecule has 0 spiro atoms. The molecule has 1 aliphatic heterocycles. The summed E-state index contributed by atoms with van der Waals surface area (Å²) in [7, 11) is 0.830. The average Bonchev–Trinajstić information content (AvgIpc) is 4.01. The first-order valence-electron chi connectivity index (χ1n) is 24.5. The number of hydrogen-bond acceptors (Lipinski definition) is 3. The summed E-state index contributed by atoms with van der Waals surface area (Å²) in [5.41, 5.74) is 21.1. The zero-order valence-corrected chi connectivity index (χ0v) is 42.8. The first-order valence-corrected chi connectivity index (χ1v) is 26.1. The Kier molecular flexibility index (Phi) is 8.64. The number of anilines is 2. The third-order valence-corrected chi connectivity index (χ3v) is 17.9. The van der Waals surface area contributed by atoms with Crippen molar-refractivity contribution in [2.45, 2.75) is 97.8 Å². The van der Waals surface area contributed by atoms with Gasteiger partial charge in [-0.05, 0) is 126 Å². The van der Waals surface area contributed by atoms with Crippen molar-refractivity contribution in [3.63, 3.8) is 0 Å². The molecule has 0 radical (unpaired) electrons. The van der Waals surface area contributed by atoms with Crippen molar-refractivity contribution < 1.29 is 0 Å². The summed E-state index contributed by atoms with van der Waals surface area (Å²) in [4.78, 5) is 0. The molecule has 1 aliphatic carbocycles. The number of benzene rings is 8. The standard InChI is InChI=1S/C63H57BN2S2/c1-60(2,3)34-20-24-37(25-21-34)65-47-32-52-41(39-26-22-36(62(7,8)9)29-51(39)68-52)30-43(47)55-54-40-17-12-14-18-45(40)63(10,11)57(54)56-44-28-35(61(4,5)6)23-27-48(44)66-49-33-53-42(31-46(49)64-58(55)59(56)66)38-16-13-15-19-50(38)67-53/h12-33,64-65H,1-11H3. The lowest BCUT2D eigenvalue weighted by Gasteiger charge is -2.29. The summed E-state index contributed by atoms with van der Waals surface area (Å²) in [5, 5.41) is 12.2. The zero-order chi connectivity index (χ0) is 47.0. The Morgan fingerprint density at radius 1 is 0.515 bits per heavy atom. The second-order valence-corrected chi connectivity index (χ2v) is 25.6. The number of nitrogens with one attached hydrogen (secondary N) is 1. The van der Waals surface area contributed by atoms with Gasteiger partial charge >= 0.3 is 0 Å². The van der Waals surface area contributed by atoms with Gasteiger partial charge in [0.15, 0.2) is 7.28 Å². The van der Waals surface area contributed by atoms with Gasteiger partial charge in [0.2, 0.25) is 0 Å². The van der Waals surface area contributed by atoms with E-state index < -0.39 is 0 Å². The van der Waals surface area contributed by atoms with E-state index >= 15 is 0 Å². The molecular formula is C63H57BN2S2. The van der Waals surface area contributed by atoms with Crippen LogP contribution in [0.4, 0.5) is 11.4 Å². The summed E-state index contributed by atoms with van der Waals surface area (Å²) in [6, 6.07) is 52.1. The number of hydrogen-bond donors (Lipinski definition) is 1. The lowest BCUT2D eigenvalue weighted by Crippen LogP contribution is -2.38. The maximum absolute atomic E-state index is 4.10. The van der Waals surface area contributed by atoms with Gasteiger partial charge in [0.05, 0.1) is 5.52 Å². The van der Waals surface area contributed by atoms with Crippen LogP contribution in [0.2, 0.25) is 0 Å². The molecule has 13 rings (SSSR count). The summed E-state index contributed by atoms with van der Waals surface area (Å²) < 4.78 is 8.01. The lowest BCUT2D eigenvalue weighted by atomic mass is 9.57. The third kappa shape index (κ3) is 6.00. The van der Waals surface area contributed by atoms with Gasteiger partial charge in [0, 0.05) is 79.3 Å². The Morgan fingerprint density at radius 2 is 1.13 bits per heavy atom. The molecule has 0 fully saturated rings. The van der Waals surface area contributed by atoms with Gasteiger partial charge in [-0.1, -0.05) is 160 Å². The van der Waals surface area contributed by atoms with Crippen LogP contribution in [-0.2, 0) is 21.7 Å². The van der Waals surface area contributed by atoms with Crippen molar-refractivity contribution in [3.05, 3.63) is 161 Å². The van der Waals surface area contributed by atoms with Crippen LogP contribution in [0.3, 0.4) is 0 Å². The van der Waals surface area contributed by atoms with Gasteiger partial charge in [-0.15, -0.1) is 22.7 Å². The first-order chi connectivity index (χ1) is 32.3. The largest absolute Gasteiger partial charge is 0.355 e. The van der Waals surface area contributed by atoms with E-state index in [0.717, 1.165) is 18.7 Å². The molecule has 2 aliphatic rings. The molecule has 2 nitrogen and oxygen atoms in total. The van der Waals surface area contributed by atoms with Crippen LogP contribution in [0.15, 0.2) is 133 Å². The molecule has 0 bridgehead atoms. The van der Waals surface area contributed by atoms with Crippen LogP contribution in [-0.4, -0.2) is 11.8 Å². The van der Waals surface area contributed by atoms with Gasteiger partial charge in [-0.3, -0.25) is 0 Å². The molecule has 0 saturated heterocycles. The second-order valence-electron chi connectivity index (χ2n) is 23.5. The van der Waals surface area contributed by atoms with Crippen LogP contribution < -0.4 is 16.2 Å². The smallest absolute Gasteiger partial charge is 0.198 e. The topological polar surface area (TPSA) is 17.0 Å². The zero-order valence-electron chi connectivity index (χ0n) is 41.2. The van der Waals surface area contributed by atoms with E-state index in [1.54, 1.807) is 0 Å². The first kappa shape index (κ1) is 42.0. The summed E-state index contributed by atoms with van der Waals surface area (Å²) in [6.07, 6.45) is 0. The minimum absolute atomic E-state index is 0.00756. The molecule has 68 heavy (non-hydrogen) atoms. The van der Waals surface area contributed by atoms with Gasteiger partial charge in [0.1, 0.15) is 0 Å². The van der Waals surface area contributed by atoms with Gasteiger partial charge in [-0.25, -0.2) is 0 Å². The van der Waals surface area contributed by atoms with E-state index in [-0.39, 0.29) is 21.7 Å². The van der Waals surface area contributed by atoms with Crippen molar-refractivity contribution in [1.29, 1.82) is 0 Å². The lowest BCUT2D eigenvalue weighted by molar-refractivity contribution is 0.590. The fourth-order valence-electron chi connectivity index (χ4n) is 12.0. The Morgan fingerprint density at radius 3 is 1.90 bits per heavy atom. The molecule has 5 heteroatoms. The molecule has 8 aromatic carbocycles. The normalized spacial score (nSPS) is 14.3. The van der Waals surface area contributed by atoms with Gasteiger partial charge in [0.25, 0.3) is 0 Å². The van der Waals surface area contributed by atoms with Gasteiger partial charge in [-0.2, -0.15) is 0 Å². The van der Waals surface area contributed by atoms with Crippen molar-refractivity contribution in [2.24, 2.45) is 0 Å². The average molecular weight is 917 g/mol. The quantitative estimate of drug-likeness (QED) is 0.175. The molecular weight excluding hydrogens is 860 g/mol. The molecule has 0 atom stereocenters. The van der Waals surface area contributed by atoms with E-state index in [4.69, 9.17) is 0 Å². The summed E-state index contributed by atoms with van der Waals surface area (Å²) >= 11 is 3.84. The highest BCUT2D eigenvalue weighted by Gasteiger charge is 2.43. The van der Waals surface area contributed by atoms with Crippen LogP contribution in [0, 0.1) is 0 Å². The Labute approximate surface area is 408 Å². The highest BCUT2D eigenvalue weighted by atomic mass is 32.1. The Bertz CT molecular complexity index is 3980. The predicted octanol–water partition coefficient (Wildman–Crippen LogP) is 16.8. The van der Waals surface area contributed by atoms with Gasteiger partial charge < -0.3 is 9.88 Å². The number of rotatable bonds is 3. The van der Waals surface area contributed by atoms with Crippen molar-refractivity contribution in [3.8, 4) is 27.9 Å². The molecule has 11 aromatic rings. The fraction of sp³-hybridized carbons (Fsp3) is 0.238. The Balaban J connectivity index is 1.20. The van der Waals surface area contributed by atoms with Crippen LogP contribution in [0.5, 0.6) is 0 Å². The van der Waals surface area contributed by atoms with E-state index in [1.807, 2.05) is 22.7 Å². The summed E-state index contributed by atoms with van der Waals surface area (Å²) in [6.45, 7) is 25.9. The second kappa shape index (κ2) is 14.0. The minimum atomic E-state index is -0.259. The summed E-state index contributed by atoms with van der Waals surface area (Å²) in [5.74, 6) is 0. The van der Waals surface area contributed by atoms with Crippen LogP contribution in [0.25, 0.3) is 90.1 Å². The number of nitrogens with zero attached hydrogens (tertiary/aromatic N) is 1. The fourth-order valence-corrected chi connectivity index (χ4v) is 14.3. The van der Waals surface area contributed by atoms with E-state index in [2.05, 4.69) is 220 Å². The number of thiophene rings is 2. The van der Waals surface area contributed by atoms with Crippen molar-refractivity contribution >= 4 is 114 Å². The van der Waals surface area contributed by atoms with Crippen LogP contribution >= 0.6 is 22.7 Å². The van der Waals surface area contributed by atoms with Crippen molar-refractivity contribution in [1.82, 2.24) is 4.57 Å². The predicted molar refractivity (Wildman–Crippen MR) is 302 cm³/mol. The van der Waals surface area contributed by atoms with E-state index in [1.165, 1.54) is 129 Å². The van der Waals surface area contributed by atoms with Crippen molar-refractivity contribution in [2.75, 3.05) is 5.32 Å². The number of fused-ring (bicyclic) bond motifs is 15. The monoisotopic (exact) mass is 916 g/mol. The maximum Gasteiger partial charge on any atom is 0.198 e. The molecule has 0 amide bonds. The maximum atomic E-state index is 4.10. The highest BCUT2D eigenvalue weighted by Crippen LogP contribution is 2.58. The third-order valence-electron chi connectivity index (χ3n) is 15.6. The molecule has 1 N–H and O–H groups in total. The SMILES string of the molecule is CC(C)(C)c1ccc(Nc2cc3sc4cc(C(C)(C)C)ccc4c3cc2-c2c3c(c4c5cc(C(C)(C)C)ccc5n5c4c2Bc2cc4c(cc2-5)sc2ccccc24)C(C)(C)c2ccccc2-3)cc1. The van der Waals surface area contributed by atoms with Crippen LogP contribution in [0.1, 0.15) is 104 Å². The minimum Gasteiger partial charge on any atom is -0.355 e. The highest BCUT2D eigenvalue weighted by molar-refractivity contribution is 7.26. The molecule has 4 heterocycles. The molecule has 334 valence electrons. The Hall–Kier alpha value is -6.14. The molecule has 0 unspecified atom stereocenters. The number of aromatic nitrogens is 1. The van der Waals surface area contributed by atoms with E-state index in [9.17, 15) is 0 Å².